The van der Waals surface area contributed by atoms with E-state index in [9.17, 15) is 0 Å². The maximum atomic E-state index is 2.38. The first kappa shape index (κ1) is 6.02. The normalized spacial score (nSPS) is 20.0. The molecule has 1 aromatic heterocycles. The Balaban J connectivity index is 2.12. The van der Waals surface area contributed by atoms with E-state index >= 15 is 0 Å². The van der Waals surface area contributed by atoms with E-state index in [-0.39, 0.29) is 0 Å². The Morgan fingerprint density at radius 3 is 2.60 bits per heavy atom. The predicted molar refractivity (Wildman–Crippen MR) is 41.6 cm³/mol. The molecule has 1 aliphatic carbocycles. The lowest BCUT2D eigenvalue weighted by atomic mass is 10.2. The summed E-state index contributed by atoms with van der Waals surface area (Å²) in [4.78, 5) is 0. The quantitative estimate of drug-likeness (QED) is 0.556. The van der Waals surface area contributed by atoms with Gasteiger partial charge in [-0.25, -0.2) is 0 Å². The van der Waals surface area contributed by atoms with Crippen LogP contribution in [0.5, 0.6) is 0 Å². The molecule has 2 rings (SSSR count). The Morgan fingerprint density at radius 2 is 2.00 bits per heavy atom. The Labute approximate surface area is 61.7 Å². The third-order valence-corrected chi connectivity index (χ3v) is 2.19. The summed E-state index contributed by atoms with van der Waals surface area (Å²) in [5.41, 5.74) is 0. The van der Waals surface area contributed by atoms with Crippen molar-refractivity contribution in [1.82, 2.24) is 4.57 Å². The number of aromatic nitrogens is 1. The zero-order chi connectivity index (χ0) is 6.81. The van der Waals surface area contributed by atoms with Crippen molar-refractivity contribution in [3.8, 4) is 0 Å². The van der Waals surface area contributed by atoms with E-state index < -0.39 is 0 Å². The lowest BCUT2D eigenvalue weighted by Gasteiger charge is -2.09. The fourth-order valence-corrected chi connectivity index (χ4v) is 1.60. The van der Waals surface area contributed by atoms with Crippen LogP contribution in [0, 0.1) is 6.42 Å². The standard InChI is InChI=1S/C9H12N/c1-2-6-9(5-1)10-7-3-4-8-10/h1,3-4,7-9H,2,5-6H2. The monoisotopic (exact) mass is 134 g/mol. The summed E-state index contributed by atoms with van der Waals surface area (Å²) in [6.07, 6.45) is 10.6. The van der Waals surface area contributed by atoms with E-state index in [1.165, 1.54) is 19.3 Å². The Bertz CT molecular complexity index is 183. The summed E-state index contributed by atoms with van der Waals surface area (Å²) in [6.45, 7) is 0. The molecule has 1 radical (unpaired) electrons. The first-order valence-electron chi connectivity index (χ1n) is 3.91. The van der Waals surface area contributed by atoms with E-state index in [0.29, 0.717) is 0 Å². The molecule has 1 aliphatic rings. The molecule has 1 saturated carbocycles. The largest absolute Gasteiger partial charge is 0.351 e. The van der Waals surface area contributed by atoms with E-state index in [2.05, 4.69) is 35.5 Å². The second-order valence-corrected chi connectivity index (χ2v) is 2.89. The highest BCUT2D eigenvalue weighted by Gasteiger charge is 2.14. The average molecular weight is 134 g/mol. The van der Waals surface area contributed by atoms with Crippen molar-refractivity contribution in [3.63, 3.8) is 0 Å². The van der Waals surface area contributed by atoms with E-state index in [1.807, 2.05) is 0 Å². The summed E-state index contributed by atoms with van der Waals surface area (Å²) in [7, 11) is 0. The van der Waals surface area contributed by atoms with Crippen molar-refractivity contribution in [2.75, 3.05) is 0 Å². The Morgan fingerprint density at radius 1 is 1.20 bits per heavy atom. The van der Waals surface area contributed by atoms with E-state index in [0.717, 1.165) is 6.04 Å². The first-order valence-corrected chi connectivity index (χ1v) is 3.91. The highest BCUT2D eigenvalue weighted by Crippen LogP contribution is 2.28. The molecular weight excluding hydrogens is 122 g/mol. The summed E-state index contributed by atoms with van der Waals surface area (Å²) < 4.78 is 2.31. The van der Waals surface area contributed by atoms with Gasteiger partial charge in [0.15, 0.2) is 0 Å². The molecule has 0 spiro atoms. The second kappa shape index (κ2) is 2.49. The van der Waals surface area contributed by atoms with Gasteiger partial charge in [0.25, 0.3) is 0 Å². The first-order chi connectivity index (χ1) is 4.97. The molecule has 0 amide bonds. The van der Waals surface area contributed by atoms with Crippen LogP contribution in [0.4, 0.5) is 0 Å². The maximum absolute atomic E-state index is 2.38. The summed E-state index contributed by atoms with van der Waals surface area (Å²) in [5, 5.41) is 0. The van der Waals surface area contributed by atoms with Crippen molar-refractivity contribution >= 4 is 0 Å². The predicted octanol–water partition coefficient (Wildman–Crippen LogP) is 2.42. The van der Waals surface area contributed by atoms with Crippen molar-refractivity contribution in [3.05, 3.63) is 30.9 Å². The molecule has 0 aromatic carbocycles. The van der Waals surface area contributed by atoms with Crippen LogP contribution in [0.3, 0.4) is 0 Å². The minimum atomic E-state index is 0.759. The van der Waals surface area contributed by atoms with Crippen LogP contribution in [0.15, 0.2) is 24.5 Å². The molecule has 0 saturated heterocycles. The van der Waals surface area contributed by atoms with Gasteiger partial charge in [0.1, 0.15) is 0 Å². The van der Waals surface area contributed by atoms with Crippen LogP contribution in [0.25, 0.3) is 0 Å². The van der Waals surface area contributed by atoms with Crippen LogP contribution in [-0.2, 0) is 0 Å². The Hall–Kier alpha value is -0.720. The van der Waals surface area contributed by atoms with Crippen LogP contribution in [0.1, 0.15) is 25.3 Å². The zero-order valence-corrected chi connectivity index (χ0v) is 6.03. The number of nitrogens with zero attached hydrogens (tertiary/aromatic N) is 1. The van der Waals surface area contributed by atoms with Gasteiger partial charge in [-0.1, -0.05) is 0 Å². The molecule has 0 aliphatic heterocycles. The van der Waals surface area contributed by atoms with Crippen molar-refractivity contribution in [2.45, 2.75) is 25.3 Å². The molecule has 53 valence electrons. The van der Waals surface area contributed by atoms with Gasteiger partial charge in [0.05, 0.1) is 0 Å². The number of rotatable bonds is 1. The van der Waals surface area contributed by atoms with Crippen molar-refractivity contribution in [1.29, 1.82) is 0 Å². The van der Waals surface area contributed by atoms with Crippen LogP contribution < -0.4 is 0 Å². The molecule has 10 heavy (non-hydrogen) atoms. The smallest absolute Gasteiger partial charge is 0.0333 e. The number of hydrogen-bond donors (Lipinski definition) is 0. The third-order valence-electron chi connectivity index (χ3n) is 2.19. The highest BCUT2D eigenvalue weighted by atomic mass is 15.0. The number of hydrogen-bond acceptors (Lipinski definition) is 0. The van der Waals surface area contributed by atoms with Gasteiger partial charge in [-0.15, -0.1) is 0 Å². The van der Waals surface area contributed by atoms with Gasteiger partial charge < -0.3 is 4.57 Å². The topological polar surface area (TPSA) is 4.93 Å². The van der Waals surface area contributed by atoms with Gasteiger partial charge in [0.2, 0.25) is 0 Å². The second-order valence-electron chi connectivity index (χ2n) is 2.89. The van der Waals surface area contributed by atoms with E-state index in [1.54, 1.807) is 0 Å². The third kappa shape index (κ3) is 0.962. The SMILES string of the molecule is [CH]1CCC(n2cccc2)C1. The molecule has 1 fully saturated rings. The van der Waals surface area contributed by atoms with E-state index in [4.69, 9.17) is 0 Å². The molecule has 1 heteroatoms. The lowest BCUT2D eigenvalue weighted by molar-refractivity contribution is 0.527. The summed E-state index contributed by atoms with van der Waals surface area (Å²) in [5.74, 6) is 0. The summed E-state index contributed by atoms with van der Waals surface area (Å²) >= 11 is 0. The molecule has 1 atom stereocenters. The fourth-order valence-electron chi connectivity index (χ4n) is 1.60. The molecular formula is C9H12N. The molecule has 1 heterocycles. The van der Waals surface area contributed by atoms with Crippen LogP contribution in [0.2, 0.25) is 0 Å². The molecule has 1 unspecified atom stereocenters. The van der Waals surface area contributed by atoms with Gasteiger partial charge >= 0.3 is 0 Å². The molecule has 0 N–H and O–H groups in total. The molecule has 1 nitrogen and oxygen atoms in total. The van der Waals surface area contributed by atoms with Crippen LogP contribution >= 0.6 is 0 Å². The van der Waals surface area contributed by atoms with Gasteiger partial charge in [-0.3, -0.25) is 0 Å². The van der Waals surface area contributed by atoms with Crippen molar-refractivity contribution in [2.24, 2.45) is 0 Å². The van der Waals surface area contributed by atoms with Crippen LogP contribution in [-0.4, -0.2) is 4.57 Å². The minimum absolute atomic E-state index is 0.759. The van der Waals surface area contributed by atoms with Gasteiger partial charge in [-0.2, -0.15) is 0 Å². The zero-order valence-electron chi connectivity index (χ0n) is 6.03. The molecule has 0 bridgehead atoms. The highest BCUT2D eigenvalue weighted by molar-refractivity contribution is 4.96. The molecule has 1 aromatic rings. The lowest BCUT2D eigenvalue weighted by Crippen LogP contribution is -2.00. The maximum Gasteiger partial charge on any atom is 0.0333 e. The van der Waals surface area contributed by atoms with Crippen molar-refractivity contribution < 1.29 is 0 Å². The summed E-state index contributed by atoms with van der Waals surface area (Å²) in [6, 6.07) is 4.95. The van der Waals surface area contributed by atoms with Gasteiger partial charge in [0, 0.05) is 18.4 Å². The Kier molecular flexibility index (Phi) is 1.50. The fraction of sp³-hybridized carbons (Fsp3) is 0.444. The average Bonchev–Trinajstić information content (AvgIpc) is 2.59. The minimum Gasteiger partial charge on any atom is -0.351 e. The van der Waals surface area contributed by atoms with Gasteiger partial charge in [-0.05, 0) is 37.8 Å².